The van der Waals surface area contributed by atoms with E-state index in [9.17, 15) is 9.59 Å². The Morgan fingerprint density at radius 3 is 2.79 bits per heavy atom. The highest BCUT2D eigenvalue weighted by atomic mass is 79.9. The molecule has 2 heterocycles. The van der Waals surface area contributed by atoms with Crippen LogP contribution in [-0.2, 0) is 11.3 Å². The zero-order chi connectivity index (χ0) is 17.1. The molecule has 0 saturated carbocycles. The summed E-state index contributed by atoms with van der Waals surface area (Å²) in [6, 6.07) is 6.64. The number of benzene rings is 1. The van der Waals surface area contributed by atoms with Gasteiger partial charge in [0.25, 0.3) is 0 Å². The number of aromatic nitrogens is 4. The van der Waals surface area contributed by atoms with Crippen molar-refractivity contribution in [2.24, 2.45) is 0 Å². The molecule has 2 aromatic heterocycles. The molecule has 3 aromatic rings. The van der Waals surface area contributed by atoms with Crippen LogP contribution in [0.4, 0.5) is 5.69 Å². The Morgan fingerprint density at radius 2 is 2.08 bits per heavy atom. The topological polar surface area (TPSA) is 103 Å². The molecule has 1 amide bonds. The second-order valence-electron chi connectivity index (χ2n) is 4.60. The van der Waals surface area contributed by atoms with Crippen LogP contribution in [0.3, 0.4) is 0 Å². The average molecular weight is 411 g/mol. The second-order valence-corrected chi connectivity index (χ2v) is 5.93. The summed E-state index contributed by atoms with van der Waals surface area (Å²) in [6.45, 7) is -0.317. The predicted octanol–water partition coefficient (Wildman–Crippen LogP) is 2.35. The molecule has 122 valence electrons. The van der Waals surface area contributed by atoms with Crippen LogP contribution in [-0.4, -0.2) is 25.6 Å². The van der Waals surface area contributed by atoms with E-state index in [-0.39, 0.29) is 18.2 Å². The van der Waals surface area contributed by atoms with Crippen LogP contribution in [0.15, 0.2) is 50.4 Å². The van der Waals surface area contributed by atoms with Gasteiger partial charge in [0.1, 0.15) is 6.54 Å². The summed E-state index contributed by atoms with van der Waals surface area (Å²) in [5.41, 5.74) is 0.423. The Labute approximate surface area is 148 Å². The van der Waals surface area contributed by atoms with Gasteiger partial charge < -0.3 is 5.32 Å². The van der Waals surface area contributed by atoms with Crippen LogP contribution in [0, 0.1) is 0 Å². The lowest BCUT2D eigenvalue weighted by molar-refractivity contribution is -0.116. The van der Waals surface area contributed by atoms with Crippen LogP contribution in [0.1, 0.15) is 0 Å². The summed E-state index contributed by atoms with van der Waals surface area (Å²) in [6.07, 6.45) is 2.99. The SMILES string of the molecule is O=C(Cn1c(-c2ncccn2)noc1=O)Nc1ccc(Br)cc1Cl. The third-order valence-electron chi connectivity index (χ3n) is 2.96. The summed E-state index contributed by atoms with van der Waals surface area (Å²) in [5.74, 6) is -1.01. The second kappa shape index (κ2) is 6.93. The van der Waals surface area contributed by atoms with Gasteiger partial charge in [-0.25, -0.2) is 19.3 Å². The lowest BCUT2D eigenvalue weighted by Crippen LogP contribution is -2.26. The fraction of sp³-hybridized carbons (Fsp3) is 0.0714. The minimum absolute atomic E-state index is 0.0673. The number of carbonyl (C=O) groups excluding carboxylic acids is 1. The first kappa shape index (κ1) is 16.3. The number of hydrogen-bond donors (Lipinski definition) is 1. The maximum absolute atomic E-state index is 12.2. The normalized spacial score (nSPS) is 10.6. The van der Waals surface area contributed by atoms with Crippen molar-refractivity contribution in [2.75, 3.05) is 5.32 Å². The quantitative estimate of drug-likeness (QED) is 0.708. The molecule has 0 unspecified atom stereocenters. The van der Waals surface area contributed by atoms with Crippen molar-refractivity contribution >= 4 is 39.1 Å². The minimum atomic E-state index is -0.783. The van der Waals surface area contributed by atoms with Crippen LogP contribution < -0.4 is 11.1 Å². The molecule has 10 heteroatoms. The summed E-state index contributed by atoms with van der Waals surface area (Å²) < 4.78 is 6.43. The van der Waals surface area contributed by atoms with E-state index in [0.29, 0.717) is 10.7 Å². The van der Waals surface area contributed by atoms with Gasteiger partial charge in [-0.05, 0) is 24.3 Å². The van der Waals surface area contributed by atoms with Crippen molar-refractivity contribution in [1.29, 1.82) is 0 Å². The molecule has 0 spiro atoms. The standard InChI is InChI=1S/C14H9BrClN5O3/c15-8-2-3-10(9(16)6-8)19-11(22)7-21-13(20-24-14(21)23)12-17-4-1-5-18-12/h1-6H,7H2,(H,19,22). The number of halogens is 2. The highest BCUT2D eigenvalue weighted by Gasteiger charge is 2.18. The predicted molar refractivity (Wildman–Crippen MR) is 89.6 cm³/mol. The van der Waals surface area contributed by atoms with Crippen LogP contribution in [0.25, 0.3) is 11.6 Å². The maximum atomic E-state index is 12.2. The molecule has 24 heavy (non-hydrogen) atoms. The van der Waals surface area contributed by atoms with Gasteiger partial charge in [0.05, 0.1) is 10.7 Å². The molecule has 0 fully saturated rings. The molecule has 0 radical (unpaired) electrons. The van der Waals surface area contributed by atoms with Crippen LogP contribution in [0.2, 0.25) is 5.02 Å². The summed E-state index contributed by atoms with van der Waals surface area (Å²) in [7, 11) is 0. The largest absolute Gasteiger partial charge is 0.442 e. The number of nitrogens with one attached hydrogen (secondary N) is 1. The molecule has 0 aliphatic heterocycles. The zero-order valence-corrected chi connectivity index (χ0v) is 14.3. The Morgan fingerprint density at radius 1 is 1.33 bits per heavy atom. The number of nitrogens with zero attached hydrogens (tertiary/aromatic N) is 4. The Kier molecular flexibility index (Phi) is 4.72. The van der Waals surface area contributed by atoms with Gasteiger partial charge in [-0.3, -0.25) is 9.32 Å². The molecular weight excluding hydrogens is 402 g/mol. The molecule has 0 aliphatic rings. The van der Waals surface area contributed by atoms with Crippen molar-refractivity contribution < 1.29 is 9.32 Å². The van der Waals surface area contributed by atoms with E-state index in [1.54, 1.807) is 24.3 Å². The van der Waals surface area contributed by atoms with Gasteiger partial charge in [-0.1, -0.05) is 32.7 Å². The number of anilines is 1. The Hall–Kier alpha value is -2.52. The van der Waals surface area contributed by atoms with Crippen molar-refractivity contribution in [2.45, 2.75) is 6.54 Å². The molecule has 8 nitrogen and oxygen atoms in total. The molecule has 1 N–H and O–H groups in total. The van der Waals surface area contributed by atoms with Gasteiger partial charge in [-0.2, -0.15) is 0 Å². The van der Waals surface area contributed by atoms with Gasteiger partial charge in [0.2, 0.25) is 11.7 Å². The highest BCUT2D eigenvalue weighted by molar-refractivity contribution is 9.10. The van der Waals surface area contributed by atoms with E-state index in [2.05, 4.69) is 40.9 Å². The lowest BCUT2D eigenvalue weighted by atomic mass is 10.3. The van der Waals surface area contributed by atoms with Crippen molar-refractivity contribution in [3.63, 3.8) is 0 Å². The maximum Gasteiger partial charge on any atom is 0.442 e. The first-order valence-corrected chi connectivity index (χ1v) is 7.80. The van der Waals surface area contributed by atoms with Crippen molar-refractivity contribution in [3.8, 4) is 11.6 Å². The van der Waals surface area contributed by atoms with E-state index in [4.69, 9.17) is 11.6 Å². The molecular formula is C14H9BrClN5O3. The molecule has 0 saturated heterocycles. The fourth-order valence-corrected chi connectivity index (χ4v) is 2.63. The first-order chi connectivity index (χ1) is 11.5. The fourth-order valence-electron chi connectivity index (χ4n) is 1.91. The van der Waals surface area contributed by atoms with Crippen LogP contribution >= 0.6 is 27.5 Å². The van der Waals surface area contributed by atoms with E-state index in [0.717, 1.165) is 9.04 Å². The first-order valence-electron chi connectivity index (χ1n) is 6.63. The third-order valence-corrected chi connectivity index (χ3v) is 3.76. The van der Waals surface area contributed by atoms with Crippen LogP contribution in [0.5, 0.6) is 0 Å². The Bertz CT molecular complexity index is 941. The molecule has 0 aliphatic carbocycles. The molecule has 3 rings (SSSR count). The average Bonchev–Trinajstić information content (AvgIpc) is 2.92. The van der Waals surface area contributed by atoms with Gasteiger partial charge in [0.15, 0.2) is 5.82 Å². The number of rotatable bonds is 4. The summed E-state index contributed by atoms with van der Waals surface area (Å²) >= 11 is 9.33. The van der Waals surface area contributed by atoms with Gasteiger partial charge in [0, 0.05) is 16.9 Å². The van der Waals surface area contributed by atoms with Crippen molar-refractivity contribution in [3.05, 3.63) is 56.7 Å². The number of hydrogen-bond acceptors (Lipinski definition) is 6. The van der Waals surface area contributed by atoms with Crippen molar-refractivity contribution in [1.82, 2.24) is 19.7 Å². The monoisotopic (exact) mass is 409 g/mol. The highest BCUT2D eigenvalue weighted by Crippen LogP contribution is 2.25. The van der Waals surface area contributed by atoms with E-state index in [1.165, 1.54) is 12.4 Å². The number of carbonyl (C=O) groups is 1. The molecule has 0 bridgehead atoms. The smallest absolute Gasteiger partial charge is 0.323 e. The molecule has 0 atom stereocenters. The Balaban J connectivity index is 1.83. The number of amides is 1. The van der Waals surface area contributed by atoms with Gasteiger partial charge in [-0.15, -0.1) is 0 Å². The minimum Gasteiger partial charge on any atom is -0.323 e. The van der Waals surface area contributed by atoms with Gasteiger partial charge >= 0.3 is 5.76 Å². The summed E-state index contributed by atoms with van der Waals surface area (Å²) in [4.78, 5) is 32.0. The lowest BCUT2D eigenvalue weighted by Gasteiger charge is -2.08. The summed E-state index contributed by atoms with van der Waals surface area (Å²) in [5, 5.41) is 6.60. The molecule has 1 aromatic carbocycles. The van der Waals surface area contributed by atoms with E-state index >= 15 is 0 Å². The zero-order valence-electron chi connectivity index (χ0n) is 11.9. The third kappa shape index (κ3) is 3.52. The van der Waals surface area contributed by atoms with E-state index < -0.39 is 11.7 Å². The van der Waals surface area contributed by atoms with E-state index in [1.807, 2.05) is 0 Å².